The van der Waals surface area contributed by atoms with Crippen LogP contribution in [0.15, 0.2) is 22.7 Å². The fourth-order valence-electron chi connectivity index (χ4n) is 2.58. The fraction of sp³-hybridized carbons (Fsp3) is 0.562. The number of aryl methyl sites for hydroxylation is 1. The van der Waals surface area contributed by atoms with Crippen molar-refractivity contribution in [3.8, 4) is 0 Å². The summed E-state index contributed by atoms with van der Waals surface area (Å²) >= 11 is 3.49. The Morgan fingerprint density at radius 3 is 2.75 bits per heavy atom. The summed E-state index contributed by atoms with van der Waals surface area (Å²) < 4.78 is 6.62. The van der Waals surface area contributed by atoms with Gasteiger partial charge in [0, 0.05) is 10.5 Å². The van der Waals surface area contributed by atoms with Gasteiger partial charge in [-0.05, 0) is 63.8 Å². The maximum Gasteiger partial charge on any atom is 0.415 e. The molecule has 0 fully saturated rings. The standard InChI is InChI=1S/C16H22BrNO2/c1-5-13-8-6-11-10-12(17)7-9-14(11)18(13)15(19)20-16(2,3)4/h7,9-10,13H,5-6,8H2,1-4H3. The summed E-state index contributed by atoms with van der Waals surface area (Å²) in [7, 11) is 0. The van der Waals surface area contributed by atoms with Crippen LogP contribution in [-0.2, 0) is 11.2 Å². The maximum absolute atomic E-state index is 12.5. The molecule has 0 bridgehead atoms. The van der Waals surface area contributed by atoms with Crippen molar-refractivity contribution >= 4 is 27.7 Å². The quantitative estimate of drug-likeness (QED) is 0.727. The van der Waals surface area contributed by atoms with Gasteiger partial charge in [-0.2, -0.15) is 0 Å². The van der Waals surface area contributed by atoms with Gasteiger partial charge >= 0.3 is 6.09 Å². The molecule has 1 aromatic rings. The molecular weight excluding hydrogens is 318 g/mol. The van der Waals surface area contributed by atoms with Crippen LogP contribution in [0.1, 0.15) is 46.1 Å². The Kier molecular flexibility index (Phi) is 4.43. The molecule has 20 heavy (non-hydrogen) atoms. The topological polar surface area (TPSA) is 29.5 Å². The van der Waals surface area contributed by atoms with Gasteiger partial charge < -0.3 is 4.74 Å². The second-order valence-corrected chi connectivity index (χ2v) is 7.14. The molecule has 0 radical (unpaired) electrons. The van der Waals surface area contributed by atoms with Gasteiger partial charge in [0.1, 0.15) is 5.60 Å². The Morgan fingerprint density at radius 1 is 1.45 bits per heavy atom. The lowest BCUT2D eigenvalue weighted by Gasteiger charge is -2.37. The van der Waals surface area contributed by atoms with E-state index in [0.717, 1.165) is 29.4 Å². The van der Waals surface area contributed by atoms with Crippen molar-refractivity contribution in [2.45, 2.75) is 58.6 Å². The Bertz CT molecular complexity index is 508. The number of carbonyl (C=O) groups excluding carboxylic acids is 1. The van der Waals surface area contributed by atoms with Crippen LogP contribution < -0.4 is 4.90 Å². The second-order valence-electron chi connectivity index (χ2n) is 6.22. The molecule has 1 heterocycles. The Labute approximate surface area is 129 Å². The lowest BCUT2D eigenvalue weighted by atomic mass is 9.95. The molecule has 110 valence electrons. The van der Waals surface area contributed by atoms with Crippen LogP contribution >= 0.6 is 15.9 Å². The van der Waals surface area contributed by atoms with Crippen LogP contribution in [0.25, 0.3) is 0 Å². The van der Waals surface area contributed by atoms with E-state index in [2.05, 4.69) is 28.9 Å². The molecule has 0 spiro atoms. The van der Waals surface area contributed by atoms with Crippen molar-refractivity contribution in [1.29, 1.82) is 0 Å². The van der Waals surface area contributed by atoms with E-state index < -0.39 is 5.60 Å². The highest BCUT2D eigenvalue weighted by Crippen LogP contribution is 2.34. The van der Waals surface area contributed by atoms with Crippen LogP contribution in [0.3, 0.4) is 0 Å². The van der Waals surface area contributed by atoms with Crippen LogP contribution in [0.5, 0.6) is 0 Å². The molecule has 1 aliphatic rings. The van der Waals surface area contributed by atoms with E-state index in [4.69, 9.17) is 4.74 Å². The van der Waals surface area contributed by atoms with Crippen LogP contribution in [-0.4, -0.2) is 17.7 Å². The smallest absolute Gasteiger partial charge is 0.415 e. The molecule has 1 aromatic carbocycles. The molecule has 1 unspecified atom stereocenters. The van der Waals surface area contributed by atoms with E-state index >= 15 is 0 Å². The number of halogens is 1. The highest BCUT2D eigenvalue weighted by Gasteiger charge is 2.33. The van der Waals surface area contributed by atoms with Gasteiger partial charge in [-0.3, -0.25) is 4.90 Å². The number of fused-ring (bicyclic) bond motifs is 1. The molecule has 3 nitrogen and oxygen atoms in total. The number of anilines is 1. The zero-order valence-electron chi connectivity index (χ0n) is 12.6. The summed E-state index contributed by atoms with van der Waals surface area (Å²) in [4.78, 5) is 14.4. The van der Waals surface area contributed by atoms with Crippen molar-refractivity contribution in [3.63, 3.8) is 0 Å². The average Bonchev–Trinajstić information content (AvgIpc) is 2.34. The maximum atomic E-state index is 12.5. The van der Waals surface area contributed by atoms with E-state index in [1.165, 1.54) is 5.56 Å². The summed E-state index contributed by atoms with van der Waals surface area (Å²) in [6, 6.07) is 6.30. The van der Waals surface area contributed by atoms with E-state index in [1.807, 2.05) is 37.8 Å². The summed E-state index contributed by atoms with van der Waals surface area (Å²) in [6.45, 7) is 7.82. The zero-order valence-corrected chi connectivity index (χ0v) is 14.2. The molecule has 0 saturated carbocycles. The molecule has 0 aliphatic carbocycles. The minimum atomic E-state index is -0.470. The highest BCUT2D eigenvalue weighted by atomic mass is 79.9. The van der Waals surface area contributed by atoms with Crippen molar-refractivity contribution in [2.24, 2.45) is 0 Å². The Morgan fingerprint density at radius 2 is 2.15 bits per heavy atom. The number of carbonyl (C=O) groups is 1. The van der Waals surface area contributed by atoms with Crippen LogP contribution in [0.4, 0.5) is 10.5 Å². The monoisotopic (exact) mass is 339 g/mol. The predicted molar refractivity (Wildman–Crippen MR) is 85.3 cm³/mol. The molecule has 0 N–H and O–H groups in total. The molecule has 4 heteroatoms. The van der Waals surface area contributed by atoms with E-state index in [0.29, 0.717) is 0 Å². The molecular formula is C16H22BrNO2. The number of hydrogen-bond acceptors (Lipinski definition) is 2. The van der Waals surface area contributed by atoms with Gasteiger partial charge in [0.25, 0.3) is 0 Å². The normalized spacial score (nSPS) is 18.6. The number of ether oxygens (including phenoxy) is 1. The van der Waals surface area contributed by atoms with Gasteiger partial charge in [0.15, 0.2) is 0 Å². The number of amides is 1. The minimum Gasteiger partial charge on any atom is -0.443 e. The van der Waals surface area contributed by atoms with Crippen molar-refractivity contribution in [2.75, 3.05) is 4.90 Å². The van der Waals surface area contributed by atoms with Crippen molar-refractivity contribution in [3.05, 3.63) is 28.2 Å². The van der Waals surface area contributed by atoms with E-state index in [-0.39, 0.29) is 12.1 Å². The first-order valence-corrected chi connectivity index (χ1v) is 7.91. The third-order valence-electron chi connectivity index (χ3n) is 3.47. The van der Waals surface area contributed by atoms with Crippen molar-refractivity contribution in [1.82, 2.24) is 0 Å². The molecule has 1 atom stereocenters. The Hall–Kier alpha value is -1.03. The van der Waals surface area contributed by atoms with Gasteiger partial charge in [-0.15, -0.1) is 0 Å². The fourth-order valence-corrected chi connectivity index (χ4v) is 2.99. The second kappa shape index (κ2) is 5.76. The van der Waals surface area contributed by atoms with Crippen LogP contribution in [0, 0.1) is 0 Å². The Balaban J connectivity index is 2.35. The van der Waals surface area contributed by atoms with E-state index in [1.54, 1.807) is 0 Å². The number of rotatable bonds is 1. The third kappa shape index (κ3) is 3.35. The molecule has 0 saturated heterocycles. The van der Waals surface area contributed by atoms with Gasteiger partial charge in [0.2, 0.25) is 0 Å². The molecule has 0 aromatic heterocycles. The zero-order chi connectivity index (χ0) is 14.9. The van der Waals surface area contributed by atoms with Gasteiger partial charge in [-0.1, -0.05) is 22.9 Å². The van der Waals surface area contributed by atoms with Crippen molar-refractivity contribution < 1.29 is 9.53 Å². The predicted octanol–water partition coefficient (Wildman–Crippen LogP) is 4.92. The van der Waals surface area contributed by atoms with Gasteiger partial charge in [0.05, 0.1) is 5.69 Å². The summed E-state index contributed by atoms with van der Waals surface area (Å²) in [5.74, 6) is 0. The number of nitrogens with zero attached hydrogens (tertiary/aromatic N) is 1. The molecule has 1 amide bonds. The van der Waals surface area contributed by atoms with Gasteiger partial charge in [-0.25, -0.2) is 4.79 Å². The lowest BCUT2D eigenvalue weighted by Crippen LogP contribution is -2.46. The number of benzene rings is 1. The molecule has 1 aliphatic heterocycles. The number of hydrogen-bond donors (Lipinski definition) is 0. The third-order valence-corrected chi connectivity index (χ3v) is 3.97. The summed E-state index contributed by atoms with van der Waals surface area (Å²) in [5, 5.41) is 0. The van der Waals surface area contributed by atoms with Crippen LogP contribution in [0.2, 0.25) is 0 Å². The average molecular weight is 340 g/mol. The first-order chi connectivity index (χ1) is 9.31. The SMILES string of the molecule is CCC1CCc2cc(Br)ccc2N1C(=O)OC(C)(C)C. The summed E-state index contributed by atoms with van der Waals surface area (Å²) in [6.07, 6.45) is 2.69. The summed E-state index contributed by atoms with van der Waals surface area (Å²) in [5.41, 5.74) is 1.72. The largest absolute Gasteiger partial charge is 0.443 e. The highest BCUT2D eigenvalue weighted by molar-refractivity contribution is 9.10. The molecule has 2 rings (SSSR count). The minimum absolute atomic E-state index is 0.221. The van der Waals surface area contributed by atoms with E-state index in [9.17, 15) is 4.79 Å². The first kappa shape index (κ1) is 15.4. The first-order valence-electron chi connectivity index (χ1n) is 7.12. The lowest BCUT2D eigenvalue weighted by molar-refractivity contribution is 0.0559.